The third kappa shape index (κ3) is 3.69. The van der Waals surface area contributed by atoms with Crippen molar-refractivity contribution >= 4 is 5.91 Å². The highest BCUT2D eigenvalue weighted by atomic mass is 16.5. The van der Waals surface area contributed by atoms with Gasteiger partial charge >= 0.3 is 0 Å². The third-order valence-corrected chi connectivity index (χ3v) is 4.54. The number of nitrogens with zero attached hydrogens (tertiary/aromatic N) is 3. The Balaban J connectivity index is 1.58. The molecule has 0 fully saturated rings. The van der Waals surface area contributed by atoms with Crippen LogP contribution in [-0.4, -0.2) is 32.1 Å². The van der Waals surface area contributed by atoms with Crippen molar-refractivity contribution in [2.45, 2.75) is 39.5 Å². The fraction of sp³-hybridized carbons (Fsp3) is 0.286. The van der Waals surface area contributed by atoms with Gasteiger partial charge in [0.15, 0.2) is 0 Å². The van der Waals surface area contributed by atoms with Crippen LogP contribution in [0.25, 0.3) is 11.3 Å². The Hall–Kier alpha value is -3.15. The lowest BCUT2D eigenvalue weighted by Gasteiger charge is -2.26. The van der Waals surface area contributed by atoms with E-state index < -0.39 is 0 Å². The molecule has 0 radical (unpaired) electrons. The zero-order chi connectivity index (χ0) is 18.8. The van der Waals surface area contributed by atoms with E-state index in [0.29, 0.717) is 19.5 Å². The predicted molar refractivity (Wildman–Crippen MR) is 102 cm³/mol. The van der Waals surface area contributed by atoms with Gasteiger partial charge in [0.05, 0.1) is 42.7 Å². The number of ether oxygens (including phenoxy) is 1. The van der Waals surface area contributed by atoms with Crippen LogP contribution in [0.15, 0.2) is 48.7 Å². The maximum Gasteiger partial charge on any atom is 0.227 e. The average Bonchev–Trinajstić information content (AvgIpc) is 3.05. The van der Waals surface area contributed by atoms with Crippen LogP contribution in [0.2, 0.25) is 0 Å². The molecule has 27 heavy (non-hydrogen) atoms. The van der Waals surface area contributed by atoms with E-state index in [4.69, 9.17) is 4.74 Å². The van der Waals surface area contributed by atoms with E-state index in [1.807, 2.05) is 61.2 Å². The summed E-state index contributed by atoms with van der Waals surface area (Å²) in [7, 11) is 0. The van der Waals surface area contributed by atoms with E-state index >= 15 is 0 Å². The van der Waals surface area contributed by atoms with Crippen molar-refractivity contribution in [1.29, 1.82) is 0 Å². The second-order valence-electron chi connectivity index (χ2n) is 6.97. The van der Waals surface area contributed by atoms with Gasteiger partial charge < -0.3 is 9.64 Å². The number of amides is 1. The van der Waals surface area contributed by atoms with Crippen molar-refractivity contribution in [1.82, 2.24) is 20.1 Å². The van der Waals surface area contributed by atoms with Crippen LogP contribution in [0.5, 0.6) is 5.75 Å². The van der Waals surface area contributed by atoms with Crippen LogP contribution >= 0.6 is 0 Å². The topological polar surface area (TPSA) is 71.1 Å². The summed E-state index contributed by atoms with van der Waals surface area (Å²) in [4.78, 5) is 18.8. The summed E-state index contributed by atoms with van der Waals surface area (Å²) < 4.78 is 5.78. The number of hydrogen-bond acceptors (Lipinski definition) is 4. The van der Waals surface area contributed by atoms with Crippen LogP contribution in [0.4, 0.5) is 0 Å². The molecule has 1 aliphatic rings. The number of H-pyrrole nitrogens is 1. The number of carbonyl (C=O) groups excluding carboxylic acids is 1. The molecule has 4 rings (SSSR count). The quantitative estimate of drug-likeness (QED) is 0.756. The van der Waals surface area contributed by atoms with Gasteiger partial charge in [0.25, 0.3) is 0 Å². The smallest absolute Gasteiger partial charge is 0.227 e. The second kappa shape index (κ2) is 7.23. The maximum atomic E-state index is 12.7. The molecular formula is C21H22N4O2. The van der Waals surface area contributed by atoms with Gasteiger partial charge in [-0.05, 0) is 38.1 Å². The van der Waals surface area contributed by atoms with Crippen molar-refractivity contribution < 1.29 is 9.53 Å². The van der Waals surface area contributed by atoms with Gasteiger partial charge in [-0.3, -0.25) is 14.9 Å². The lowest BCUT2D eigenvalue weighted by Crippen LogP contribution is -2.35. The monoisotopic (exact) mass is 362 g/mol. The van der Waals surface area contributed by atoms with E-state index in [0.717, 1.165) is 34.0 Å². The van der Waals surface area contributed by atoms with Crippen molar-refractivity contribution in [3.8, 4) is 17.0 Å². The predicted octanol–water partition coefficient (Wildman–Crippen LogP) is 3.34. The molecule has 3 aromatic rings. The Labute approximate surface area is 158 Å². The number of nitrogens with one attached hydrogen (secondary N) is 1. The first-order valence-corrected chi connectivity index (χ1v) is 9.11. The first-order valence-electron chi connectivity index (χ1n) is 9.11. The number of fused-ring (bicyclic) bond motifs is 1. The van der Waals surface area contributed by atoms with Gasteiger partial charge in [0, 0.05) is 17.3 Å². The Morgan fingerprint density at radius 2 is 2.11 bits per heavy atom. The van der Waals surface area contributed by atoms with Crippen LogP contribution < -0.4 is 4.74 Å². The molecule has 1 N–H and O–H groups in total. The number of hydrogen-bond donors (Lipinski definition) is 1. The van der Waals surface area contributed by atoms with Gasteiger partial charge in [-0.15, -0.1) is 0 Å². The lowest BCUT2D eigenvalue weighted by molar-refractivity contribution is -0.132. The summed E-state index contributed by atoms with van der Waals surface area (Å²) in [6, 6.07) is 13.6. The number of rotatable bonds is 5. The number of aromatic amines is 1. The van der Waals surface area contributed by atoms with Crippen molar-refractivity contribution in [3.63, 3.8) is 0 Å². The zero-order valence-corrected chi connectivity index (χ0v) is 15.5. The first kappa shape index (κ1) is 17.3. The van der Waals surface area contributed by atoms with Crippen molar-refractivity contribution in [3.05, 3.63) is 65.6 Å². The fourth-order valence-corrected chi connectivity index (χ4v) is 3.32. The number of aromatic nitrogens is 3. The largest absolute Gasteiger partial charge is 0.491 e. The SMILES string of the molecule is CC(C)Oc1cccc(-c2n[nH]c3c2CC(=O)N(Cc2ccccn2)C3)c1. The molecule has 6 heteroatoms. The Bertz CT molecular complexity index is 950. The second-order valence-corrected chi connectivity index (χ2v) is 6.97. The fourth-order valence-electron chi connectivity index (χ4n) is 3.32. The van der Waals surface area contributed by atoms with Gasteiger partial charge in [-0.2, -0.15) is 5.10 Å². The van der Waals surface area contributed by atoms with Crippen LogP contribution in [0.3, 0.4) is 0 Å². The number of benzene rings is 1. The van der Waals surface area contributed by atoms with Crippen molar-refractivity contribution in [2.75, 3.05) is 0 Å². The van der Waals surface area contributed by atoms with E-state index in [1.54, 1.807) is 6.20 Å². The van der Waals surface area contributed by atoms with Crippen molar-refractivity contribution in [2.24, 2.45) is 0 Å². The Morgan fingerprint density at radius 1 is 1.22 bits per heavy atom. The molecule has 0 unspecified atom stereocenters. The molecule has 6 nitrogen and oxygen atoms in total. The highest BCUT2D eigenvalue weighted by Gasteiger charge is 2.28. The first-order chi connectivity index (χ1) is 13.1. The summed E-state index contributed by atoms with van der Waals surface area (Å²) in [5, 5.41) is 7.61. The molecule has 1 aromatic carbocycles. The molecule has 138 valence electrons. The molecule has 2 aromatic heterocycles. The third-order valence-electron chi connectivity index (χ3n) is 4.54. The molecule has 0 saturated carbocycles. The summed E-state index contributed by atoms with van der Waals surface area (Å²) in [6.45, 7) is 5.01. The van der Waals surface area contributed by atoms with E-state index in [2.05, 4.69) is 15.2 Å². The Morgan fingerprint density at radius 3 is 2.89 bits per heavy atom. The van der Waals surface area contributed by atoms with Gasteiger partial charge in [-0.1, -0.05) is 18.2 Å². The molecule has 0 bridgehead atoms. The molecule has 0 atom stereocenters. The number of pyridine rings is 1. The highest BCUT2D eigenvalue weighted by molar-refractivity contribution is 5.83. The molecule has 1 amide bonds. The lowest BCUT2D eigenvalue weighted by atomic mass is 9.99. The summed E-state index contributed by atoms with van der Waals surface area (Å²) in [5.74, 6) is 0.892. The minimum absolute atomic E-state index is 0.0883. The molecule has 3 heterocycles. The van der Waals surface area contributed by atoms with Gasteiger partial charge in [0.1, 0.15) is 5.75 Å². The van der Waals surface area contributed by atoms with Crippen LogP contribution in [0.1, 0.15) is 30.8 Å². The van der Waals surface area contributed by atoms with E-state index in [9.17, 15) is 4.79 Å². The van der Waals surface area contributed by atoms with Gasteiger partial charge in [-0.25, -0.2) is 0 Å². The summed E-state index contributed by atoms with van der Waals surface area (Å²) >= 11 is 0. The molecular weight excluding hydrogens is 340 g/mol. The minimum atomic E-state index is 0.0883. The summed E-state index contributed by atoms with van der Waals surface area (Å²) in [6.07, 6.45) is 2.19. The van der Waals surface area contributed by atoms with Crippen LogP contribution in [-0.2, 0) is 24.3 Å². The van der Waals surface area contributed by atoms with Gasteiger partial charge in [0.2, 0.25) is 5.91 Å². The minimum Gasteiger partial charge on any atom is -0.491 e. The molecule has 0 spiro atoms. The van der Waals surface area contributed by atoms with E-state index in [1.165, 1.54) is 0 Å². The molecule has 1 aliphatic heterocycles. The highest BCUT2D eigenvalue weighted by Crippen LogP contribution is 2.31. The molecule has 0 saturated heterocycles. The van der Waals surface area contributed by atoms with E-state index in [-0.39, 0.29) is 12.0 Å². The average molecular weight is 362 g/mol. The molecule has 0 aliphatic carbocycles. The number of carbonyl (C=O) groups is 1. The summed E-state index contributed by atoms with van der Waals surface area (Å²) in [5.41, 5.74) is 4.61. The maximum absolute atomic E-state index is 12.7. The standard InChI is InChI=1S/C21H22N4O2/c1-14(2)27-17-8-5-6-15(10-17)21-18-11-20(26)25(13-19(18)23-24-21)12-16-7-3-4-9-22-16/h3-10,14H,11-13H2,1-2H3,(H,23,24). The van der Waals surface area contributed by atoms with Crippen LogP contribution in [0, 0.1) is 0 Å². The zero-order valence-electron chi connectivity index (χ0n) is 15.5. The Kier molecular flexibility index (Phi) is 4.62. The normalized spacial score (nSPS) is 13.7.